The van der Waals surface area contributed by atoms with Crippen LogP contribution < -0.4 is 4.74 Å². The van der Waals surface area contributed by atoms with Gasteiger partial charge in [0.05, 0.1) is 18.0 Å². The lowest BCUT2D eigenvalue weighted by molar-refractivity contribution is -0.756. The van der Waals surface area contributed by atoms with Crippen LogP contribution in [0, 0.1) is 17.0 Å². The third-order valence-corrected chi connectivity index (χ3v) is 5.00. The molecule has 1 aromatic carbocycles. The summed E-state index contributed by atoms with van der Waals surface area (Å²) in [6.45, 7) is 2.56. The van der Waals surface area contributed by atoms with Gasteiger partial charge < -0.3 is 9.57 Å². The topological polar surface area (TPSA) is 79.4 Å². The molecule has 2 aromatic rings. The largest absolute Gasteiger partial charge is 0.477 e. The van der Waals surface area contributed by atoms with Crippen molar-refractivity contribution in [3.63, 3.8) is 0 Å². The molecule has 0 atom stereocenters. The predicted octanol–water partition coefficient (Wildman–Crippen LogP) is 3.15. The molecule has 0 saturated carbocycles. The quantitative estimate of drug-likeness (QED) is 0.280. The molecule has 7 nitrogen and oxygen atoms in total. The van der Waals surface area contributed by atoms with E-state index in [4.69, 9.17) is 4.74 Å². The highest BCUT2D eigenvalue weighted by Gasteiger charge is 2.08. The number of hydrogen-bond donors (Lipinski definition) is 0. The van der Waals surface area contributed by atoms with Crippen molar-refractivity contribution >= 4 is 21.6 Å². The normalized spacial score (nSPS) is 10.5. The third-order valence-electron chi connectivity index (χ3n) is 2.66. The highest BCUT2D eigenvalue weighted by molar-refractivity contribution is 8.76. The zero-order chi connectivity index (χ0) is 16.5. The van der Waals surface area contributed by atoms with Crippen LogP contribution in [0.2, 0.25) is 0 Å². The van der Waals surface area contributed by atoms with E-state index in [0.717, 1.165) is 17.1 Å². The molecule has 0 aliphatic rings. The van der Waals surface area contributed by atoms with Gasteiger partial charge in [-0.1, -0.05) is 39.8 Å². The Bertz CT molecular complexity index is 622. The standard InChI is InChI=1S/C14H17N3O4S2/c1-12-11-14(16(15-12)13-5-3-2-4-6-13)20-7-9-22-23-10-8-21-17(18)19/h2-6,11H,7-10H2,1H3. The van der Waals surface area contributed by atoms with Gasteiger partial charge in [0.15, 0.2) is 0 Å². The Morgan fingerprint density at radius 3 is 2.61 bits per heavy atom. The minimum absolute atomic E-state index is 0.103. The Morgan fingerprint density at radius 2 is 1.91 bits per heavy atom. The Hall–Kier alpha value is -1.87. The number of aryl methyl sites for hydroxylation is 1. The number of benzene rings is 1. The van der Waals surface area contributed by atoms with Gasteiger partial charge in [0.2, 0.25) is 5.88 Å². The molecule has 0 saturated heterocycles. The van der Waals surface area contributed by atoms with E-state index in [1.165, 1.54) is 10.8 Å². The van der Waals surface area contributed by atoms with Crippen LogP contribution in [0.25, 0.3) is 5.69 Å². The summed E-state index contributed by atoms with van der Waals surface area (Å²) in [5.41, 5.74) is 1.84. The second kappa shape index (κ2) is 9.31. The lowest BCUT2D eigenvalue weighted by Gasteiger charge is -2.08. The van der Waals surface area contributed by atoms with Gasteiger partial charge >= 0.3 is 0 Å². The van der Waals surface area contributed by atoms with E-state index in [9.17, 15) is 10.1 Å². The molecule has 1 aromatic heterocycles. The number of aromatic nitrogens is 2. The van der Waals surface area contributed by atoms with Gasteiger partial charge in [0.1, 0.15) is 6.61 Å². The molecule has 0 spiro atoms. The predicted molar refractivity (Wildman–Crippen MR) is 91.7 cm³/mol. The van der Waals surface area contributed by atoms with Gasteiger partial charge in [0.25, 0.3) is 5.09 Å². The van der Waals surface area contributed by atoms with E-state index in [2.05, 4.69) is 9.94 Å². The first-order valence-electron chi connectivity index (χ1n) is 6.93. The third kappa shape index (κ3) is 6.03. The SMILES string of the molecule is Cc1cc(OCCSSCCO[N+](=O)[O-])n(-c2ccccc2)n1. The average molecular weight is 355 g/mol. The van der Waals surface area contributed by atoms with Crippen LogP contribution in [-0.2, 0) is 4.84 Å². The molecule has 0 bridgehead atoms. The molecule has 0 aliphatic heterocycles. The summed E-state index contributed by atoms with van der Waals surface area (Å²) >= 11 is 0. The number of ether oxygens (including phenoxy) is 1. The van der Waals surface area contributed by atoms with Crippen molar-refractivity contribution in [2.24, 2.45) is 0 Å². The number of rotatable bonds is 10. The molecular weight excluding hydrogens is 338 g/mol. The van der Waals surface area contributed by atoms with E-state index in [-0.39, 0.29) is 6.61 Å². The summed E-state index contributed by atoms with van der Waals surface area (Å²) < 4.78 is 7.56. The van der Waals surface area contributed by atoms with Crippen molar-refractivity contribution < 1.29 is 14.7 Å². The van der Waals surface area contributed by atoms with Gasteiger partial charge in [-0.2, -0.15) is 5.10 Å². The Balaban J connectivity index is 1.73. The summed E-state index contributed by atoms with van der Waals surface area (Å²) in [4.78, 5) is 14.2. The molecule has 0 N–H and O–H groups in total. The van der Waals surface area contributed by atoms with E-state index < -0.39 is 5.09 Å². The van der Waals surface area contributed by atoms with E-state index in [0.29, 0.717) is 18.2 Å². The summed E-state index contributed by atoms with van der Waals surface area (Å²) in [5, 5.41) is 13.6. The first kappa shape index (κ1) is 17.5. The monoisotopic (exact) mass is 355 g/mol. The molecule has 0 radical (unpaired) electrons. The molecule has 0 unspecified atom stereocenters. The Kier molecular flexibility index (Phi) is 7.08. The summed E-state index contributed by atoms with van der Waals surface area (Å²) in [5.74, 6) is 2.03. The Labute approximate surface area is 141 Å². The van der Waals surface area contributed by atoms with Gasteiger partial charge in [-0.15, -0.1) is 10.1 Å². The smallest absolute Gasteiger partial charge is 0.294 e. The molecule has 23 heavy (non-hydrogen) atoms. The molecule has 2 rings (SSSR count). The number of nitrogens with zero attached hydrogens (tertiary/aromatic N) is 3. The van der Waals surface area contributed by atoms with Crippen LogP contribution in [-0.4, -0.2) is 39.6 Å². The van der Waals surface area contributed by atoms with Crippen LogP contribution in [0.1, 0.15) is 5.69 Å². The summed E-state index contributed by atoms with van der Waals surface area (Å²) in [6, 6.07) is 11.7. The van der Waals surface area contributed by atoms with Crippen molar-refractivity contribution in [1.29, 1.82) is 0 Å². The van der Waals surface area contributed by atoms with Crippen LogP contribution in [0.4, 0.5) is 0 Å². The number of hydrogen-bond acceptors (Lipinski definition) is 7. The second-order valence-electron chi connectivity index (χ2n) is 4.42. The highest BCUT2D eigenvalue weighted by Crippen LogP contribution is 2.22. The fourth-order valence-electron chi connectivity index (χ4n) is 1.78. The van der Waals surface area contributed by atoms with Crippen molar-refractivity contribution in [3.8, 4) is 11.6 Å². The fraction of sp³-hybridized carbons (Fsp3) is 0.357. The van der Waals surface area contributed by atoms with Crippen molar-refractivity contribution in [2.45, 2.75) is 6.92 Å². The van der Waals surface area contributed by atoms with Gasteiger partial charge in [-0.25, -0.2) is 4.68 Å². The van der Waals surface area contributed by atoms with Gasteiger partial charge in [-0.05, 0) is 19.1 Å². The maximum atomic E-state index is 9.98. The average Bonchev–Trinajstić information content (AvgIpc) is 2.91. The molecule has 1 heterocycles. The van der Waals surface area contributed by atoms with Gasteiger partial charge in [-0.3, -0.25) is 0 Å². The highest BCUT2D eigenvalue weighted by atomic mass is 33.1. The molecule has 0 fully saturated rings. The van der Waals surface area contributed by atoms with E-state index in [1.807, 2.05) is 43.3 Å². The molecule has 0 aliphatic carbocycles. The van der Waals surface area contributed by atoms with E-state index in [1.54, 1.807) is 15.5 Å². The van der Waals surface area contributed by atoms with Crippen molar-refractivity contribution in [1.82, 2.24) is 9.78 Å². The number of para-hydroxylation sites is 1. The van der Waals surface area contributed by atoms with Crippen LogP contribution in [0.15, 0.2) is 36.4 Å². The summed E-state index contributed by atoms with van der Waals surface area (Å²) in [6.07, 6.45) is 0. The molecule has 9 heteroatoms. The zero-order valence-electron chi connectivity index (χ0n) is 12.6. The minimum atomic E-state index is -0.776. The first-order valence-corrected chi connectivity index (χ1v) is 9.42. The van der Waals surface area contributed by atoms with Crippen molar-refractivity contribution in [2.75, 3.05) is 24.7 Å². The lowest BCUT2D eigenvalue weighted by atomic mass is 10.3. The fourth-order valence-corrected chi connectivity index (χ4v) is 3.42. The summed E-state index contributed by atoms with van der Waals surface area (Å²) in [7, 11) is 3.11. The minimum Gasteiger partial charge on any atom is -0.477 e. The lowest BCUT2D eigenvalue weighted by Crippen LogP contribution is -2.06. The Morgan fingerprint density at radius 1 is 1.22 bits per heavy atom. The van der Waals surface area contributed by atoms with Crippen LogP contribution in [0.5, 0.6) is 5.88 Å². The van der Waals surface area contributed by atoms with Crippen LogP contribution in [0.3, 0.4) is 0 Å². The van der Waals surface area contributed by atoms with Crippen molar-refractivity contribution in [3.05, 3.63) is 52.2 Å². The van der Waals surface area contributed by atoms with Gasteiger partial charge in [0, 0.05) is 17.6 Å². The zero-order valence-corrected chi connectivity index (χ0v) is 14.2. The maximum absolute atomic E-state index is 9.98. The maximum Gasteiger partial charge on any atom is 0.294 e. The molecular formula is C14H17N3O4S2. The molecule has 124 valence electrons. The molecule has 0 amide bonds. The second-order valence-corrected chi connectivity index (χ2v) is 7.12. The van der Waals surface area contributed by atoms with E-state index >= 15 is 0 Å². The van der Waals surface area contributed by atoms with Crippen LogP contribution >= 0.6 is 21.6 Å². The first-order chi connectivity index (χ1) is 11.2.